The molecular weight excluding hydrogens is 713 g/mol. The Morgan fingerprint density at radius 3 is 1.49 bits per heavy atom. The van der Waals surface area contributed by atoms with Crippen LogP contribution in [0.1, 0.15) is 200 Å². The second-order valence-electron chi connectivity index (χ2n) is 16.5. The number of carbonyl (C=O) groups is 2. The second kappa shape index (κ2) is 38.0. The third-order valence-corrected chi connectivity index (χ3v) is 10.8. The quantitative estimate of drug-likeness (QED) is 0.0150. The van der Waals surface area contributed by atoms with Crippen LogP contribution < -0.4 is 4.89 Å². The van der Waals surface area contributed by atoms with Crippen molar-refractivity contribution in [2.45, 2.75) is 206 Å². The number of phosphoric ester groups is 1. The van der Waals surface area contributed by atoms with Gasteiger partial charge in [-0.1, -0.05) is 193 Å². The number of rotatable bonds is 41. The molecule has 0 saturated carbocycles. The van der Waals surface area contributed by atoms with Gasteiger partial charge in [0, 0.05) is 12.5 Å². The van der Waals surface area contributed by atoms with Crippen molar-refractivity contribution in [2.24, 2.45) is 0 Å². The normalized spacial score (nSPS) is 13.8. The first-order valence-electron chi connectivity index (χ1n) is 22.6. The summed E-state index contributed by atoms with van der Waals surface area (Å²) in [5.41, 5.74) is 0. The van der Waals surface area contributed by atoms with Crippen LogP contribution in [-0.2, 0) is 32.7 Å². The third-order valence-electron chi connectivity index (χ3n) is 9.83. The van der Waals surface area contributed by atoms with Crippen LogP contribution in [-0.4, -0.2) is 70.0 Å². The zero-order valence-electron chi connectivity index (χ0n) is 36.4. The number of likely N-dealkylation sites (N-methyl/N-ethyl adjacent to an activating group) is 1. The van der Waals surface area contributed by atoms with Gasteiger partial charge in [-0.3, -0.25) is 9.36 Å². The standard InChI is InChI=1S/C45H86NO8P/c1-6-8-10-12-14-16-18-20-22-24-25-27-29-31-33-35-37-44(47)51-41-43(42-53-55(49,50)52-40-39-46(3,4)5)54-45(48)38-36-34-32-30-28-26-23-21-19-17-15-13-11-9-7-2/h32,34,36,38,43H,6-31,33,35,37,39-42H2,1-5H3/b34-32+,38-36+/t43-/m1/s1. The van der Waals surface area contributed by atoms with Gasteiger partial charge in [-0.15, -0.1) is 0 Å². The average Bonchev–Trinajstić information content (AvgIpc) is 3.13. The molecule has 0 amide bonds. The van der Waals surface area contributed by atoms with E-state index in [9.17, 15) is 19.0 Å². The molecule has 0 aliphatic heterocycles. The van der Waals surface area contributed by atoms with E-state index in [2.05, 4.69) is 13.8 Å². The number of nitrogens with zero attached hydrogens (tertiary/aromatic N) is 1. The largest absolute Gasteiger partial charge is 0.756 e. The summed E-state index contributed by atoms with van der Waals surface area (Å²) in [5, 5.41) is 0. The summed E-state index contributed by atoms with van der Waals surface area (Å²) in [7, 11) is 1.12. The molecule has 0 rings (SSSR count). The molecule has 0 aromatic heterocycles. The van der Waals surface area contributed by atoms with E-state index in [1.54, 1.807) is 6.08 Å². The number of esters is 2. The monoisotopic (exact) mass is 800 g/mol. The topological polar surface area (TPSA) is 111 Å². The molecule has 0 aliphatic rings. The summed E-state index contributed by atoms with van der Waals surface area (Å²) in [4.78, 5) is 37.4. The number of phosphoric acid groups is 1. The van der Waals surface area contributed by atoms with Crippen LogP contribution in [0.5, 0.6) is 0 Å². The number of quaternary nitrogens is 1. The number of carbonyl (C=O) groups excluding carboxylic acids is 2. The van der Waals surface area contributed by atoms with Gasteiger partial charge >= 0.3 is 11.9 Å². The summed E-state index contributed by atoms with van der Waals surface area (Å²) >= 11 is 0. The van der Waals surface area contributed by atoms with Gasteiger partial charge in [0.1, 0.15) is 19.8 Å². The lowest BCUT2D eigenvalue weighted by molar-refractivity contribution is -0.870. The molecule has 1 unspecified atom stereocenters. The lowest BCUT2D eigenvalue weighted by atomic mass is 10.0. The molecular formula is C45H86NO8P. The molecule has 324 valence electrons. The maximum atomic E-state index is 12.6. The van der Waals surface area contributed by atoms with Gasteiger partial charge in [0.25, 0.3) is 7.82 Å². The second-order valence-corrected chi connectivity index (χ2v) is 17.9. The lowest BCUT2D eigenvalue weighted by Gasteiger charge is -2.28. The summed E-state index contributed by atoms with van der Waals surface area (Å²) < 4.78 is 33.7. The van der Waals surface area contributed by atoms with E-state index >= 15 is 0 Å². The minimum atomic E-state index is -4.65. The van der Waals surface area contributed by atoms with Crippen molar-refractivity contribution in [3.63, 3.8) is 0 Å². The van der Waals surface area contributed by atoms with Gasteiger partial charge in [0.15, 0.2) is 6.10 Å². The molecule has 2 atom stereocenters. The molecule has 0 aromatic carbocycles. The van der Waals surface area contributed by atoms with Crippen LogP contribution in [0.15, 0.2) is 24.3 Å². The first kappa shape index (κ1) is 53.5. The van der Waals surface area contributed by atoms with E-state index < -0.39 is 32.5 Å². The van der Waals surface area contributed by atoms with Crippen LogP contribution in [0, 0.1) is 0 Å². The van der Waals surface area contributed by atoms with Crippen LogP contribution in [0.25, 0.3) is 0 Å². The van der Waals surface area contributed by atoms with E-state index in [1.165, 1.54) is 154 Å². The fraction of sp³-hybridized carbons (Fsp3) is 0.867. The molecule has 0 saturated heterocycles. The van der Waals surface area contributed by atoms with Crippen molar-refractivity contribution < 1.29 is 42.1 Å². The molecule has 0 spiro atoms. The number of ether oxygens (including phenoxy) is 2. The fourth-order valence-corrected chi connectivity index (χ4v) is 7.00. The van der Waals surface area contributed by atoms with Crippen molar-refractivity contribution >= 4 is 19.8 Å². The molecule has 0 fully saturated rings. The Morgan fingerprint density at radius 2 is 1.04 bits per heavy atom. The molecule has 9 nitrogen and oxygen atoms in total. The Bertz CT molecular complexity index is 996. The Hall–Kier alpha value is -1.51. The molecule has 0 aromatic rings. The molecule has 55 heavy (non-hydrogen) atoms. The van der Waals surface area contributed by atoms with Crippen molar-refractivity contribution in [1.82, 2.24) is 0 Å². The lowest BCUT2D eigenvalue weighted by Crippen LogP contribution is -2.37. The smallest absolute Gasteiger partial charge is 0.331 e. The zero-order chi connectivity index (χ0) is 40.7. The Morgan fingerprint density at radius 1 is 0.600 bits per heavy atom. The SMILES string of the molecule is CCCCCCCCCCCCC/C=C/C=C/C(=O)O[C@H](COC(=O)CCCCCCCCCCCCCCCCCC)COP(=O)([O-])OCC[N+](C)(C)C. The van der Waals surface area contributed by atoms with Gasteiger partial charge in [0.2, 0.25) is 0 Å². The highest BCUT2D eigenvalue weighted by Crippen LogP contribution is 2.38. The average molecular weight is 800 g/mol. The van der Waals surface area contributed by atoms with E-state index in [0.29, 0.717) is 11.0 Å². The van der Waals surface area contributed by atoms with Crippen LogP contribution >= 0.6 is 7.82 Å². The summed E-state index contributed by atoms with van der Waals surface area (Å²) in [6, 6.07) is 0. The number of unbranched alkanes of at least 4 members (excludes halogenated alkanes) is 26. The summed E-state index contributed by atoms with van der Waals surface area (Å²) in [5.74, 6) is -1.08. The Labute approximate surface area is 339 Å². The van der Waals surface area contributed by atoms with Crippen LogP contribution in [0.2, 0.25) is 0 Å². The minimum Gasteiger partial charge on any atom is -0.756 e. The van der Waals surface area contributed by atoms with Crippen molar-refractivity contribution in [3.05, 3.63) is 24.3 Å². The molecule has 0 N–H and O–H groups in total. The summed E-state index contributed by atoms with van der Waals surface area (Å²) in [6.07, 6.45) is 41.2. The predicted molar refractivity (Wildman–Crippen MR) is 227 cm³/mol. The van der Waals surface area contributed by atoms with E-state index in [4.69, 9.17) is 18.5 Å². The Kier molecular flexibility index (Phi) is 37.0. The number of hydrogen-bond donors (Lipinski definition) is 0. The van der Waals surface area contributed by atoms with Gasteiger partial charge in [0.05, 0.1) is 27.7 Å². The number of allylic oxidation sites excluding steroid dienone is 3. The van der Waals surface area contributed by atoms with Crippen molar-refractivity contribution in [2.75, 3.05) is 47.5 Å². The zero-order valence-corrected chi connectivity index (χ0v) is 37.3. The molecule has 10 heteroatoms. The maximum Gasteiger partial charge on any atom is 0.331 e. The first-order chi connectivity index (χ1) is 26.5. The molecule has 0 aliphatic carbocycles. The minimum absolute atomic E-state index is 0.0444. The third kappa shape index (κ3) is 41.9. The van der Waals surface area contributed by atoms with Gasteiger partial charge in [-0.2, -0.15) is 0 Å². The van der Waals surface area contributed by atoms with Gasteiger partial charge in [-0.05, 0) is 19.3 Å². The highest BCUT2D eigenvalue weighted by molar-refractivity contribution is 7.45. The number of hydrogen-bond acceptors (Lipinski definition) is 8. The summed E-state index contributed by atoms with van der Waals surface area (Å²) in [6.45, 7) is 4.12. The highest BCUT2D eigenvalue weighted by atomic mass is 31.2. The first-order valence-corrected chi connectivity index (χ1v) is 24.0. The maximum absolute atomic E-state index is 12.6. The Balaban J connectivity index is 4.41. The van der Waals surface area contributed by atoms with E-state index in [1.807, 2.05) is 33.3 Å². The highest BCUT2D eigenvalue weighted by Gasteiger charge is 2.21. The molecule has 0 radical (unpaired) electrons. The molecule has 0 heterocycles. The van der Waals surface area contributed by atoms with Crippen LogP contribution in [0.3, 0.4) is 0 Å². The van der Waals surface area contributed by atoms with Gasteiger partial charge in [-0.25, -0.2) is 4.79 Å². The van der Waals surface area contributed by atoms with Crippen molar-refractivity contribution in [1.29, 1.82) is 0 Å². The van der Waals surface area contributed by atoms with E-state index in [-0.39, 0.29) is 19.6 Å². The fourth-order valence-electron chi connectivity index (χ4n) is 6.27. The van der Waals surface area contributed by atoms with Crippen LogP contribution in [0.4, 0.5) is 0 Å². The predicted octanol–water partition coefficient (Wildman–Crippen LogP) is 12.1. The van der Waals surface area contributed by atoms with E-state index in [0.717, 1.165) is 32.1 Å². The van der Waals surface area contributed by atoms with Crippen molar-refractivity contribution in [3.8, 4) is 0 Å². The molecule has 0 bridgehead atoms. The van der Waals surface area contributed by atoms with Gasteiger partial charge < -0.3 is 27.9 Å².